The molecule has 1 aliphatic heterocycles. The average Bonchev–Trinajstić information content (AvgIpc) is 2.46. The van der Waals surface area contributed by atoms with Gasteiger partial charge in [0.05, 0.1) is 12.0 Å². The number of amides is 1. The molecule has 1 saturated heterocycles. The third kappa shape index (κ3) is 3.30. The van der Waals surface area contributed by atoms with Crippen molar-refractivity contribution in [2.75, 3.05) is 18.5 Å². The van der Waals surface area contributed by atoms with Gasteiger partial charge in [-0.25, -0.2) is 0 Å². The number of benzene rings is 1. The molecule has 2 rings (SSSR count). The van der Waals surface area contributed by atoms with Gasteiger partial charge in [-0.3, -0.25) is 4.79 Å². The number of piperidine rings is 1. The summed E-state index contributed by atoms with van der Waals surface area (Å²) in [5, 5.41) is 2.71. The van der Waals surface area contributed by atoms with E-state index in [4.69, 9.17) is 0 Å². The maximum absolute atomic E-state index is 12.6. The Bertz CT molecular complexity index is 453. The molecule has 1 aromatic rings. The molecular weight excluding hydrogens is 269 g/mol. The number of carbonyl (C=O) groups excluding carboxylic acids is 1. The summed E-state index contributed by atoms with van der Waals surface area (Å²) in [6.07, 6.45) is -3.98. The second-order valence-corrected chi connectivity index (χ2v) is 5.01. The SMILES string of the molecule is CN(C(=O)C1CCC(C(F)(F)F)CN1)c1ccccc1. The molecule has 0 bridgehead atoms. The largest absolute Gasteiger partial charge is 0.393 e. The quantitative estimate of drug-likeness (QED) is 0.906. The zero-order valence-electron chi connectivity index (χ0n) is 11.2. The van der Waals surface area contributed by atoms with Gasteiger partial charge in [-0.2, -0.15) is 13.2 Å². The van der Waals surface area contributed by atoms with Gasteiger partial charge >= 0.3 is 6.18 Å². The molecular formula is C14H17F3N2O. The van der Waals surface area contributed by atoms with Crippen molar-refractivity contribution in [3.8, 4) is 0 Å². The van der Waals surface area contributed by atoms with E-state index in [1.807, 2.05) is 18.2 Å². The first-order chi connectivity index (χ1) is 9.39. The van der Waals surface area contributed by atoms with Crippen LogP contribution in [-0.4, -0.2) is 31.7 Å². The Hall–Kier alpha value is -1.56. The van der Waals surface area contributed by atoms with Crippen molar-refractivity contribution in [2.24, 2.45) is 5.92 Å². The van der Waals surface area contributed by atoms with Crippen LogP contribution in [0, 0.1) is 5.92 Å². The Morgan fingerprint density at radius 1 is 1.25 bits per heavy atom. The highest BCUT2D eigenvalue weighted by atomic mass is 19.4. The zero-order chi connectivity index (χ0) is 14.8. The van der Waals surface area contributed by atoms with Crippen LogP contribution in [0.4, 0.5) is 18.9 Å². The molecule has 1 heterocycles. The fourth-order valence-electron chi connectivity index (χ4n) is 2.36. The number of carbonyl (C=O) groups is 1. The lowest BCUT2D eigenvalue weighted by atomic mass is 9.93. The number of alkyl halides is 3. The first-order valence-corrected chi connectivity index (χ1v) is 6.52. The van der Waals surface area contributed by atoms with Crippen LogP contribution in [-0.2, 0) is 4.79 Å². The minimum atomic E-state index is -4.19. The minimum absolute atomic E-state index is 0.00443. The second kappa shape index (κ2) is 5.83. The molecule has 0 aromatic heterocycles. The first kappa shape index (κ1) is 14.8. The van der Waals surface area contributed by atoms with Gasteiger partial charge < -0.3 is 10.2 Å². The molecule has 0 saturated carbocycles. The van der Waals surface area contributed by atoms with Crippen molar-refractivity contribution in [3.63, 3.8) is 0 Å². The van der Waals surface area contributed by atoms with E-state index >= 15 is 0 Å². The number of nitrogens with zero attached hydrogens (tertiary/aromatic N) is 1. The first-order valence-electron chi connectivity index (χ1n) is 6.52. The lowest BCUT2D eigenvalue weighted by molar-refractivity contribution is -0.180. The Morgan fingerprint density at radius 2 is 1.90 bits per heavy atom. The highest BCUT2D eigenvalue weighted by Crippen LogP contribution is 2.32. The van der Waals surface area contributed by atoms with E-state index in [9.17, 15) is 18.0 Å². The summed E-state index contributed by atoms with van der Waals surface area (Å²) in [4.78, 5) is 13.7. The van der Waals surface area contributed by atoms with Crippen molar-refractivity contribution in [1.82, 2.24) is 5.32 Å². The fraction of sp³-hybridized carbons (Fsp3) is 0.500. The van der Waals surface area contributed by atoms with E-state index < -0.39 is 18.1 Å². The molecule has 3 nitrogen and oxygen atoms in total. The highest BCUT2D eigenvalue weighted by molar-refractivity contribution is 5.96. The number of likely N-dealkylation sites (N-methyl/N-ethyl adjacent to an activating group) is 1. The van der Waals surface area contributed by atoms with Crippen LogP contribution in [0.5, 0.6) is 0 Å². The van der Waals surface area contributed by atoms with E-state index in [2.05, 4.69) is 5.32 Å². The Balaban J connectivity index is 1.95. The summed E-state index contributed by atoms with van der Waals surface area (Å²) >= 11 is 0. The van der Waals surface area contributed by atoms with Crippen molar-refractivity contribution in [2.45, 2.75) is 25.1 Å². The van der Waals surface area contributed by atoms with E-state index in [-0.39, 0.29) is 25.3 Å². The summed E-state index contributed by atoms with van der Waals surface area (Å²) in [5.74, 6) is -1.55. The van der Waals surface area contributed by atoms with Crippen LogP contribution in [0.15, 0.2) is 30.3 Å². The Kier molecular flexibility index (Phi) is 4.32. The normalized spacial score (nSPS) is 23.4. The number of rotatable bonds is 2. The smallest absolute Gasteiger partial charge is 0.314 e. The lowest BCUT2D eigenvalue weighted by Crippen LogP contribution is -2.51. The molecule has 1 aliphatic rings. The summed E-state index contributed by atoms with van der Waals surface area (Å²) in [7, 11) is 1.63. The van der Waals surface area contributed by atoms with Gasteiger partial charge in [-0.15, -0.1) is 0 Å². The summed E-state index contributed by atoms with van der Waals surface area (Å²) < 4.78 is 37.7. The van der Waals surface area contributed by atoms with Crippen LogP contribution in [0.1, 0.15) is 12.8 Å². The molecule has 20 heavy (non-hydrogen) atoms. The van der Waals surface area contributed by atoms with Crippen molar-refractivity contribution >= 4 is 11.6 Å². The van der Waals surface area contributed by atoms with E-state index in [1.54, 1.807) is 19.2 Å². The maximum atomic E-state index is 12.6. The predicted octanol–water partition coefficient (Wildman–Crippen LogP) is 2.58. The molecule has 2 unspecified atom stereocenters. The molecule has 0 spiro atoms. The second-order valence-electron chi connectivity index (χ2n) is 5.01. The van der Waals surface area contributed by atoms with Gasteiger partial charge in [0.1, 0.15) is 0 Å². The van der Waals surface area contributed by atoms with Gasteiger partial charge in [0.15, 0.2) is 0 Å². The van der Waals surface area contributed by atoms with Crippen molar-refractivity contribution in [1.29, 1.82) is 0 Å². The molecule has 0 aliphatic carbocycles. The van der Waals surface area contributed by atoms with Crippen LogP contribution in [0.25, 0.3) is 0 Å². The predicted molar refractivity (Wildman–Crippen MR) is 70.4 cm³/mol. The topological polar surface area (TPSA) is 32.3 Å². The van der Waals surface area contributed by atoms with Crippen LogP contribution in [0.2, 0.25) is 0 Å². The monoisotopic (exact) mass is 286 g/mol. The number of hydrogen-bond acceptors (Lipinski definition) is 2. The number of halogens is 3. The lowest BCUT2D eigenvalue weighted by Gasteiger charge is -2.32. The number of hydrogen-bond donors (Lipinski definition) is 1. The highest BCUT2D eigenvalue weighted by Gasteiger charge is 2.42. The van der Waals surface area contributed by atoms with Gasteiger partial charge in [0.25, 0.3) is 0 Å². The Morgan fingerprint density at radius 3 is 2.40 bits per heavy atom. The van der Waals surface area contributed by atoms with E-state index in [0.29, 0.717) is 0 Å². The standard InChI is InChI=1S/C14H17F3N2O/c1-19(11-5-3-2-4-6-11)13(20)12-8-7-10(9-18-12)14(15,16)17/h2-6,10,12,18H,7-9H2,1H3. The molecule has 1 fully saturated rings. The number of para-hydroxylation sites is 1. The average molecular weight is 286 g/mol. The van der Waals surface area contributed by atoms with Gasteiger partial charge in [0.2, 0.25) is 5.91 Å². The van der Waals surface area contributed by atoms with Gasteiger partial charge in [-0.1, -0.05) is 18.2 Å². The van der Waals surface area contributed by atoms with E-state index in [0.717, 1.165) is 5.69 Å². The van der Waals surface area contributed by atoms with Crippen molar-refractivity contribution in [3.05, 3.63) is 30.3 Å². The molecule has 6 heteroatoms. The third-order valence-electron chi connectivity index (χ3n) is 3.65. The zero-order valence-corrected chi connectivity index (χ0v) is 11.2. The van der Waals surface area contributed by atoms with Crippen LogP contribution < -0.4 is 10.2 Å². The van der Waals surface area contributed by atoms with Gasteiger partial charge in [0, 0.05) is 19.3 Å². The maximum Gasteiger partial charge on any atom is 0.393 e. The summed E-state index contributed by atoms with van der Waals surface area (Å²) in [5.41, 5.74) is 0.734. The Labute approximate surface area is 115 Å². The van der Waals surface area contributed by atoms with Crippen molar-refractivity contribution < 1.29 is 18.0 Å². The molecule has 1 aromatic carbocycles. The van der Waals surface area contributed by atoms with Crippen LogP contribution >= 0.6 is 0 Å². The minimum Gasteiger partial charge on any atom is -0.314 e. The summed E-state index contributed by atoms with van der Waals surface area (Å²) in [6, 6.07) is 8.51. The molecule has 0 radical (unpaired) electrons. The molecule has 1 N–H and O–H groups in total. The van der Waals surface area contributed by atoms with E-state index in [1.165, 1.54) is 4.90 Å². The summed E-state index contributed by atoms with van der Waals surface area (Å²) in [6.45, 7) is -0.192. The van der Waals surface area contributed by atoms with Crippen LogP contribution in [0.3, 0.4) is 0 Å². The number of anilines is 1. The molecule has 110 valence electrons. The molecule has 2 atom stereocenters. The van der Waals surface area contributed by atoms with Gasteiger partial charge in [-0.05, 0) is 25.0 Å². The third-order valence-corrected chi connectivity index (χ3v) is 3.65. The fourth-order valence-corrected chi connectivity index (χ4v) is 2.36. The molecule has 1 amide bonds. The number of nitrogens with one attached hydrogen (secondary N) is 1.